The van der Waals surface area contributed by atoms with Crippen molar-refractivity contribution in [3.05, 3.63) is 23.9 Å². The molecule has 0 aromatic rings. The van der Waals surface area contributed by atoms with Gasteiger partial charge in [-0.05, 0) is 26.2 Å². The molecule has 0 aromatic heterocycles. The lowest BCUT2D eigenvalue weighted by atomic mass is 10.2. The summed E-state index contributed by atoms with van der Waals surface area (Å²) in [6.07, 6.45) is 3.47. The van der Waals surface area contributed by atoms with Crippen molar-refractivity contribution in [2.24, 2.45) is 4.99 Å². The van der Waals surface area contributed by atoms with Crippen LogP contribution < -0.4 is 0 Å². The van der Waals surface area contributed by atoms with E-state index < -0.39 is 0 Å². The molecule has 0 amide bonds. The molecule has 0 saturated carbocycles. The molecule has 0 atom stereocenters. The third-order valence-corrected chi connectivity index (χ3v) is 2.02. The van der Waals surface area contributed by atoms with Gasteiger partial charge in [-0.2, -0.15) is 5.26 Å². The molecule has 64 valence electrons. The summed E-state index contributed by atoms with van der Waals surface area (Å²) in [6.45, 7) is 7.24. The fourth-order valence-electron chi connectivity index (χ4n) is 0.616. The van der Waals surface area contributed by atoms with Crippen LogP contribution in [0.4, 0.5) is 0 Å². The summed E-state index contributed by atoms with van der Waals surface area (Å²) in [4.78, 5) is 4.20. The summed E-state index contributed by atoms with van der Waals surface area (Å²) in [5, 5.41) is 9.57. The van der Waals surface area contributed by atoms with Gasteiger partial charge in [0, 0.05) is 0 Å². The molecule has 0 aliphatic heterocycles. The molecule has 0 aliphatic rings. The standard InChI is InChI=1S/C9H12N2S/c1-5-9(6-10)7(2)11-8(3)12-4/h5H,1H2,2-4H3/b9-7+,11-8?. The third kappa shape index (κ3) is 3.40. The van der Waals surface area contributed by atoms with Gasteiger partial charge in [0.2, 0.25) is 0 Å². The van der Waals surface area contributed by atoms with Crippen molar-refractivity contribution < 1.29 is 0 Å². The summed E-state index contributed by atoms with van der Waals surface area (Å²) in [5.41, 5.74) is 1.25. The molecule has 2 nitrogen and oxygen atoms in total. The molecule has 0 saturated heterocycles. The Hall–Kier alpha value is -1.01. The Bertz CT molecular complexity index is 269. The third-order valence-electron chi connectivity index (χ3n) is 1.33. The maximum atomic E-state index is 8.63. The maximum Gasteiger partial charge on any atom is 0.101 e. The molecular weight excluding hydrogens is 168 g/mol. The molecule has 0 fully saturated rings. The molecule has 0 spiro atoms. The first kappa shape index (κ1) is 11.0. The van der Waals surface area contributed by atoms with E-state index in [2.05, 4.69) is 11.6 Å². The normalized spacial score (nSPS) is 13.3. The van der Waals surface area contributed by atoms with Gasteiger partial charge in [-0.3, -0.25) is 4.99 Å². The van der Waals surface area contributed by atoms with E-state index in [4.69, 9.17) is 5.26 Å². The number of allylic oxidation sites excluding steroid dienone is 3. The number of rotatable bonds is 2. The molecule has 12 heavy (non-hydrogen) atoms. The van der Waals surface area contributed by atoms with Gasteiger partial charge in [0.1, 0.15) is 6.07 Å². The van der Waals surface area contributed by atoms with Gasteiger partial charge in [-0.1, -0.05) is 6.58 Å². The van der Waals surface area contributed by atoms with E-state index in [0.717, 1.165) is 10.7 Å². The van der Waals surface area contributed by atoms with Crippen LogP contribution in [0.2, 0.25) is 0 Å². The minimum Gasteiger partial charge on any atom is -0.250 e. The Kier molecular flexibility index (Phi) is 5.14. The lowest BCUT2D eigenvalue weighted by Crippen LogP contribution is -1.85. The van der Waals surface area contributed by atoms with E-state index in [1.54, 1.807) is 18.7 Å². The Labute approximate surface area is 77.7 Å². The largest absolute Gasteiger partial charge is 0.250 e. The van der Waals surface area contributed by atoms with Gasteiger partial charge in [-0.25, -0.2) is 0 Å². The van der Waals surface area contributed by atoms with E-state index in [1.807, 2.05) is 19.2 Å². The van der Waals surface area contributed by atoms with Gasteiger partial charge in [0.25, 0.3) is 0 Å². The molecule has 0 aromatic carbocycles. The average Bonchev–Trinajstić information content (AvgIpc) is 2.06. The van der Waals surface area contributed by atoms with E-state index in [0.29, 0.717) is 5.57 Å². The zero-order valence-electron chi connectivity index (χ0n) is 7.59. The van der Waals surface area contributed by atoms with E-state index in [9.17, 15) is 0 Å². The highest BCUT2D eigenvalue weighted by Crippen LogP contribution is 2.08. The highest BCUT2D eigenvalue weighted by atomic mass is 32.2. The van der Waals surface area contributed by atoms with Crippen LogP contribution in [0.15, 0.2) is 28.9 Å². The molecule has 3 heteroatoms. The molecular formula is C9H12N2S. The Morgan fingerprint density at radius 1 is 1.58 bits per heavy atom. The number of hydrogen-bond acceptors (Lipinski definition) is 3. The van der Waals surface area contributed by atoms with Gasteiger partial charge in [0.15, 0.2) is 0 Å². The average molecular weight is 180 g/mol. The molecule has 0 bridgehead atoms. The van der Waals surface area contributed by atoms with Gasteiger partial charge in [0.05, 0.1) is 16.3 Å². The smallest absolute Gasteiger partial charge is 0.101 e. The quantitative estimate of drug-likeness (QED) is 0.283. The predicted molar refractivity (Wildman–Crippen MR) is 55.1 cm³/mol. The number of nitriles is 1. The monoisotopic (exact) mass is 180 g/mol. The minimum atomic E-state index is 0.531. The Balaban J connectivity index is 4.80. The van der Waals surface area contributed by atoms with Crippen LogP contribution in [-0.4, -0.2) is 11.3 Å². The summed E-state index contributed by atoms with van der Waals surface area (Å²) in [6, 6.07) is 2.03. The first-order chi connectivity index (χ1) is 5.65. The SMILES string of the molecule is C=C/C(C#N)=C(/C)N=C(C)SC. The highest BCUT2D eigenvalue weighted by molar-refractivity contribution is 8.13. The Morgan fingerprint density at radius 3 is 2.50 bits per heavy atom. The van der Waals surface area contributed by atoms with Crippen LogP contribution in [0.1, 0.15) is 13.8 Å². The van der Waals surface area contributed by atoms with Crippen molar-refractivity contribution in [1.82, 2.24) is 0 Å². The Morgan fingerprint density at radius 2 is 2.17 bits per heavy atom. The molecule has 0 rings (SSSR count). The highest BCUT2D eigenvalue weighted by Gasteiger charge is 1.95. The lowest BCUT2D eigenvalue weighted by Gasteiger charge is -1.96. The van der Waals surface area contributed by atoms with Crippen LogP contribution in [0.5, 0.6) is 0 Å². The van der Waals surface area contributed by atoms with Gasteiger partial charge < -0.3 is 0 Å². The summed E-state index contributed by atoms with van der Waals surface area (Å²) >= 11 is 1.56. The summed E-state index contributed by atoms with van der Waals surface area (Å²) < 4.78 is 0. The van der Waals surface area contributed by atoms with Crippen molar-refractivity contribution in [2.45, 2.75) is 13.8 Å². The number of thioether (sulfide) groups is 1. The van der Waals surface area contributed by atoms with Gasteiger partial charge in [-0.15, -0.1) is 11.8 Å². The van der Waals surface area contributed by atoms with Crippen LogP contribution in [0.25, 0.3) is 0 Å². The molecule has 0 unspecified atom stereocenters. The second kappa shape index (κ2) is 5.62. The van der Waals surface area contributed by atoms with Crippen LogP contribution in [-0.2, 0) is 0 Å². The molecule has 0 radical (unpaired) electrons. The fraction of sp³-hybridized carbons (Fsp3) is 0.333. The number of aliphatic imine (C=N–C) groups is 1. The van der Waals surface area contributed by atoms with E-state index >= 15 is 0 Å². The van der Waals surface area contributed by atoms with E-state index in [-0.39, 0.29) is 0 Å². The van der Waals surface area contributed by atoms with Crippen molar-refractivity contribution in [1.29, 1.82) is 5.26 Å². The van der Waals surface area contributed by atoms with Crippen molar-refractivity contribution in [2.75, 3.05) is 6.26 Å². The first-order valence-corrected chi connectivity index (χ1v) is 4.70. The van der Waals surface area contributed by atoms with Crippen molar-refractivity contribution >= 4 is 16.8 Å². The van der Waals surface area contributed by atoms with Crippen molar-refractivity contribution in [3.63, 3.8) is 0 Å². The summed E-state index contributed by atoms with van der Waals surface area (Å²) in [7, 11) is 0. The minimum absolute atomic E-state index is 0.531. The van der Waals surface area contributed by atoms with Crippen LogP contribution in [0, 0.1) is 11.3 Å². The molecule has 0 N–H and O–H groups in total. The zero-order valence-corrected chi connectivity index (χ0v) is 8.40. The number of nitrogens with zero attached hydrogens (tertiary/aromatic N) is 2. The lowest BCUT2D eigenvalue weighted by molar-refractivity contribution is 1.27. The molecule has 0 heterocycles. The fourth-order valence-corrected chi connectivity index (χ4v) is 0.845. The first-order valence-electron chi connectivity index (χ1n) is 3.48. The number of hydrogen-bond donors (Lipinski definition) is 0. The van der Waals surface area contributed by atoms with Gasteiger partial charge >= 0.3 is 0 Å². The summed E-state index contributed by atoms with van der Waals surface area (Å²) in [5.74, 6) is 0. The van der Waals surface area contributed by atoms with E-state index in [1.165, 1.54) is 6.08 Å². The maximum absolute atomic E-state index is 8.63. The topological polar surface area (TPSA) is 36.1 Å². The predicted octanol–water partition coefficient (Wildman–Crippen LogP) is 2.75. The zero-order chi connectivity index (χ0) is 9.56. The molecule has 0 aliphatic carbocycles. The second-order valence-electron chi connectivity index (χ2n) is 2.15. The van der Waals surface area contributed by atoms with Crippen LogP contribution in [0.3, 0.4) is 0 Å². The van der Waals surface area contributed by atoms with Crippen LogP contribution >= 0.6 is 11.8 Å². The second-order valence-corrected chi connectivity index (χ2v) is 3.15. The van der Waals surface area contributed by atoms with Crippen molar-refractivity contribution in [3.8, 4) is 6.07 Å².